The Labute approximate surface area is 92.9 Å². The van der Waals surface area contributed by atoms with Crippen molar-refractivity contribution in [3.05, 3.63) is 18.2 Å². The van der Waals surface area contributed by atoms with Crippen molar-refractivity contribution in [1.29, 1.82) is 0 Å². The molecule has 0 aliphatic heterocycles. The Hall–Kier alpha value is -0.830. The van der Waals surface area contributed by atoms with E-state index in [1.165, 1.54) is 5.82 Å². The molecule has 1 rings (SSSR count). The van der Waals surface area contributed by atoms with E-state index in [2.05, 4.69) is 48.8 Å². The zero-order valence-electron chi connectivity index (χ0n) is 10.4. The van der Waals surface area contributed by atoms with E-state index >= 15 is 0 Å². The first-order valence-corrected chi connectivity index (χ1v) is 5.84. The van der Waals surface area contributed by atoms with Gasteiger partial charge in [0.15, 0.2) is 0 Å². The van der Waals surface area contributed by atoms with Gasteiger partial charge in [-0.15, -0.1) is 0 Å². The van der Waals surface area contributed by atoms with Gasteiger partial charge in [-0.05, 0) is 26.4 Å². The van der Waals surface area contributed by atoms with Crippen molar-refractivity contribution in [3.63, 3.8) is 0 Å². The lowest BCUT2D eigenvalue weighted by atomic mass is 9.88. The fraction of sp³-hybridized carbons (Fsp3) is 0.750. The molecule has 0 aliphatic rings. The van der Waals surface area contributed by atoms with Crippen LogP contribution in [0.15, 0.2) is 12.4 Å². The van der Waals surface area contributed by atoms with Crippen molar-refractivity contribution in [2.24, 2.45) is 0 Å². The molecule has 0 saturated carbocycles. The van der Waals surface area contributed by atoms with Crippen molar-refractivity contribution in [3.8, 4) is 0 Å². The molecular formula is C12H23N3. The van der Waals surface area contributed by atoms with Gasteiger partial charge < -0.3 is 9.88 Å². The van der Waals surface area contributed by atoms with Crippen molar-refractivity contribution in [2.45, 2.75) is 46.1 Å². The van der Waals surface area contributed by atoms with Gasteiger partial charge in [-0.3, -0.25) is 0 Å². The van der Waals surface area contributed by atoms with Crippen LogP contribution in [0.25, 0.3) is 0 Å². The number of hydrogen-bond acceptors (Lipinski definition) is 2. The fourth-order valence-electron chi connectivity index (χ4n) is 1.84. The van der Waals surface area contributed by atoms with E-state index in [9.17, 15) is 0 Å². The monoisotopic (exact) mass is 209 g/mol. The van der Waals surface area contributed by atoms with Crippen LogP contribution in [0, 0.1) is 0 Å². The second-order valence-electron chi connectivity index (χ2n) is 4.52. The molecular weight excluding hydrogens is 186 g/mol. The summed E-state index contributed by atoms with van der Waals surface area (Å²) in [6.07, 6.45) is 5.08. The van der Waals surface area contributed by atoms with Gasteiger partial charge in [-0.1, -0.05) is 20.8 Å². The summed E-state index contributed by atoms with van der Waals surface area (Å²) in [6.45, 7) is 11.9. The second-order valence-corrected chi connectivity index (χ2v) is 4.52. The summed E-state index contributed by atoms with van der Waals surface area (Å²) < 4.78 is 2.23. The second kappa shape index (κ2) is 5.31. The highest BCUT2D eigenvalue weighted by atomic mass is 15.1. The number of aromatic nitrogens is 2. The number of aryl methyl sites for hydroxylation is 1. The average molecular weight is 209 g/mol. The van der Waals surface area contributed by atoms with E-state index in [1.807, 2.05) is 6.20 Å². The maximum atomic E-state index is 4.47. The molecule has 0 bridgehead atoms. The average Bonchev–Trinajstić information content (AvgIpc) is 2.66. The minimum Gasteiger partial charge on any atom is -0.335 e. The Morgan fingerprint density at radius 3 is 2.73 bits per heavy atom. The fourth-order valence-corrected chi connectivity index (χ4v) is 1.84. The SMILES string of the molecule is CCNCCC(C)(C)c1nccn1CC. The third kappa shape index (κ3) is 3.06. The van der Waals surface area contributed by atoms with Gasteiger partial charge in [0.05, 0.1) is 0 Å². The molecule has 0 radical (unpaired) electrons. The predicted octanol–water partition coefficient (Wildman–Crippen LogP) is 2.18. The summed E-state index contributed by atoms with van der Waals surface area (Å²) in [5.41, 5.74) is 0.154. The molecule has 1 N–H and O–H groups in total. The molecule has 1 aromatic rings. The standard InChI is InChI=1S/C12H23N3/c1-5-13-8-7-12(3,4)11-14-9-10-15(11)6-2/h9-10,13H,5-8H2,1-4H3. The van der Waals surface area contributed by atoms with Gasteiger partial charge in [-0.2, -0.15) is 0 Å². The zero-order valence-corrected chi connectivity index (χ0v) is 10.4. The van der Waals surface area contributed by atoms with Crippen LogP contribution < -0.4 is 5.32 Å². The molecule has 86 valence electrons. The van der Waals surface area contributed by atoms with Gasteiger partial charge in [0, 0.05) is 24.4 Å². The van der Waals surface area contributed by atoms with E-state index in [0.717, 1.165) is 26.1 Å². The zero-order chi connectivity index (χ0) is 11.3. The van der Waals surface area contributed by atoms with Crippen LogP contribution in [0.3, 0.4) is 0 Å². The largest absolute Gasteiger partial charge is 0.335 e. The highest BCUT2D eigenvalue weighted by molar-refractivity contribution is 5.06. The third-order valence-electron chi connectivity index (χ3n) is 2.84. The van der Waals surface area contributed by atoms with Crippen LogP contribution in [-0.2, 0) is 12.0 Å². The van der Waals surface area contributed by atoms with Crippen LogP contribution in [0.4, 0.5) is 0 Å². The van der Waals surface area contributed by atoms with Crippen LogP contribution >= 0.6 is 0 Å². The van der Waals surface area contributed by atoms with E-state index in [1.54, 1.807) is 0 Å². The highest BCUT2D eigenvalue weighted by Crippen LogP contribution is 2.24. The number of hydrogen-bond donors (Lipinski definition) is 1. The Bertz CT molecular complexity index is 289. The molecule has 3 nitrogen and oxygen atoms in total. The maximum Gasteiger partial charge on any atom is 0.114 e. The number of nitrogens with zero attached hydrogens (tertiary/aromatic N) is 2. The quantitative estimate of drug-likeness (QED) is 0.728. The summed E-state index contributed by atoms with van der Waals surface area (Å²) in [7, 11) is 0. The lowest BCUT2D eigenvalue weighted by molar-refractivity contribution is 0.417. The first-order valence-electron chi connectivity index (χ1n) is 5.84. The van der Waals surface area contributed by atoms with E-state index < -0.39 is 0 Å². The molecule has 0 saturated heterocycles. The number of imidazole rings is 1. The summed E-state index contributed by atoms with van der Waals surface area (Å²) in [6, 6.07) is 0. The van der Waals surface area contributed by atoms with E-state index in [-0.39, 0.29) is 5.41 Å². The Morgan fingerprint density at radius 2 is 2.13 bits per heavy atom. The van der Waals surface area contributed by atoms with Gasteiger partial charge in [0.2, 0.25) is 0 Å². The maximum absolute atomic E-state index is 4.47. The van der Waals surface area contributed by atoms with Gasteiger partial charge in [-0.25, -0.2) is 4.98 Å². The van der Waals surface area contributed by atoms with Crippen molar-refractivity contribution >= 4 is 0 Å². The van der Waals surface area contributed by atoms with Crippen LogP contribution in [0.2, 0.25) is 0 Å². The molecule has 0 unspecified atom stereocenters. The summed E-state index contributed by atoms with van der Waals surface area (Å²) in [5.74, 6) is 1.20. The summed E-state index contributed by atoms with van der Waals surface area (Å²) in [4.78, 5) is 4.47. The number of nitrogens with one attached hydrogen (secondary N) is 1. The molecule has 15 heavy (non-hydrogen) atoms. The molecule has 0 aliphatic carbocycles. The van der Waals surface area contributed by atoms with Crippen molar-refractivity contribution < 1.29 is 0 Å². The Kier molecular flexibility index (Phi) is 4.33. The molecule has 0 spiro atoms. The summed E-state index contributed by atoms with van der Waals surface area (Å²) in [5, 5.41) is 3.37. The van der Waals surface area contributed by atoms with Crippen LogP contribution in [0.5, 0.6) is 0 Å². The van der Waals surface area contributed by atoms with Gasteiger partial charge in [0.1, 0.15) is 5.82 Å². The predicted molar refractivity (Wildman–Crippen MR) is 64.1 cm³/mol. The topological polar surface area (TPSA) is 29.9 Å². The summed E-state index contributed by atoms with van der Waals surface area (Å²) >= 11 is 0. The smallest absolute Gasteiger partial charge is 0.114 e. The van der Waals surface area contributed by atoms with Crippen LogP contribution in [0.1, 0.15) is 39.9 Å². The Morgan fingerprint density at radius 1 is 1.40 bits per heavy atom. The molecule has 1 aromatic heterocycles. The molecule has 0 amide bonds. The minimum atomic E-state index is 0.154. The van der Waals surface area contributed by atoms with E-state index in [0.29, 0.717) is 0 Å². The number of rotatable bonds is 6. The van der Waals surface area contributed by atoms with Gasteiger partial charge >= 0.3 is 0 Å². The minimum absolute atomic E-state index is 0.154. The first-order chi connectivity index (χ1) is 7.11. The van der Waals surface area contributed by atoms with Crippen LogP contribution in [-0.4, -0.2) is 22.6 Å². The highest BCUT2D eigenvalue weighted by Gasteiger charge is 2.24. The first kappa shape index (κ1) is 12.2. The normalized spacial score (nSPS) is 12.0. The van der Waals surface area contributed by atoms with Crippen molar-refractivity contribution in [2.75, 3.05) is 13.1 Å². The molecule has 0 atom stereocenters. The third-order valence-corrected chi connectivity index (χ3v) is 2.84. The molecule has 3 heteroatoms. The molecule has 1 heterocycles. The van der Waals surface area contributed by atoms with Gasteiger partial charge in [0.25, 0.3) is 0 Å². The lowest BCUT2D eigenvalue weighted by Gasteiger charge is -2.25. The Balaban J connectivity index is 2.67. The molecule has 0 fully saturated rings. The lowest BCUT2D eigenvalue weighted by Crippen LogP contribution is -2.28. The molecule has 0 aromatic carbocycles. The van der Waals surface area contributed by atoms with E-state index in [4.69, 9.17) is 0 Å². The van der Waals surface area contributed by atoms with Crippen molar-refractivity contribution in [1.82, 2.24) is 14.9 Å².